The fourth-order valence-electron chi connectivity index (χ4n) is 5.30. The fraction of sp³-hybridized carbons (Fsp3) is 0.441. The van der Waals surface area contributed by atoms with Crippen molar-refractivity contribution in [1.82, 2.24) is 29.3 Å². The average Bonchev–Trinajstić information content (AvgIpc) is 3.67. The molecule has 0 spiro atoms. The average molecular weight is 647 g/mol. The van der Waals surface area contributed by atoms with Gasteiger partial charge in [0.1, 0.15) is 42.3 Å². The quantitative estimate of drug-likeness (QED) is 0.219. The highest BCUT2D eigenvalue weighted by atomic mass is 35.5. The molecule has 2 aliphatic rings. The lowest BCUT2D eigenvalue weighted by atomic mass is 10.2. The van der Waals surface area contributed by atoms with E-state index in [9.17, 15) is 9.59 Å². The maximum atomic E-state index is 12.9. The van der Waals surface area contributed by atoms with Gasteiger partial charge in [0.25, 0.3) is 0 Å². The van der Waals surface area contributed by atoms with Gasteiger partial charge in [0.15, 0.2) is 11.2 Å². The summed E-state index contributed by atoms with van der Waals surface area (Å²) in [6, 6.07) is 15.6. The van der Waals surface area contributed by atoms with Crippen LogP contribution in [0, 0.1) is 0 Å². The van der Waals surface area contributed by atoms with Crippen molar-refractivity contribution < 1.29 is 23.8 Å². The molecule has 3 heterocycles. The summed E-state index contributed by atoms with van der Waals surface area (Å²) in [5, 5.41) is 0.463. The van der Waals surface area contributed by atoms with E-state index in [4.69, 9.17) is 30.8 Å². The summed E-state index contributed by atoms with van der Waals surface area (Å²) >= 11 is 6.87. The summed E-state index contributed by atoms with van der Waals surface area (Å²) in [6.45, 7) is 9.66. The van der Waals surface area contributed by atoms with Crippen molar-refractivity contribution in [3.63, 3.8) is 0 Å². The zero-order valence-corrected chi connectivity index (χ0v) is 27.4. The molecule has 1 aliphatic carbocycles. The van der Waals surface area contributed by atoms with Crippen LogP contribution in [-0.4, -0.2) is 85.3 Å². The molecule has 1 saturated carbocycles. The van der Waals surface area contributed by atoms with Crippen LogP contribution in [0.15, 0.2) is 54.9 Å². The number of aromatic nitrogens is 4. The third-order valence-electron chi connectivity index (χ3n) is 7.98. The van der Waals surface area contributed by atoms with Crippen molar-refractivity contribution in [3.8, 4) is 23.0 Å². The van der Waals surface area contributed by atoms with Crippen LogP contribution in [0.3, 0.4) is 0 Å². The topological polar surface area (TPSA) is 112 Å². The molecule has 0 N–H and O–H groups in total. The van der Waals surface area contributed by atoms with Crippen LogP contribution in [-0.2, 0) is 16.1 Å². The fourth-order valence-corrected chi connectivity index (χ4v) is 5.56. The van der Waals surface area contributed by atoms with Crippen molar-refractivity contribution >= 4 is 34.8 Å². The lowest BCUT2D eigenvalue weighted by molar-refractivity contribution is -0.131. The largest absolute Gasteiger partial charge is 0.492 e. The number of imidazole rings is 1. The molecule has 1 saturated heterocycles. The van der Waals surface area contributed by atoms with E-state index in [0.717, 1.165) is 24.0 Å². The molecule has 2 amide bonds. The summed E-state index contributed by atoms with van der Waals surface area (Å²) < 4.78 is 19.7. The number of hydrogen-bond donors (Lipinski definition) is 0. The van der Waals surface area contributed by atoms with Gasteiger partial charge in [0.2, 0.25) is 11.8 Å². The number of rotatable bonds is 9. The molecule has 1 aliphatic heterocycles. The van der Waals surface area contributed by atoms with Gasteiger partial charge >= 0.3 is 6.09 Å². The third-order valence-corrected chi connectivity index (χ3v) is 8.29. The van der Waals surface area contributed by atoms with Gasteiger partial charge in [0, 0.05) is 18.7 Å². The second-order valence-electron chi connectivity index (χ2n) is 13.0. The molecule has 12 heteroatoms. The first-order chi connectivity index (χ1) is 22.0. The van der Waals surface area contributed by atoms with Crippen LogP contribution in [0.2, 0.25) is 5.02 Å². The van der Waals surface area contributed by atoms with Gasteiger partial charge in [-0.1, -0.05) is 41.9 Å². The number of nitrogens with zero attached hydrogens (tertiary/aromatic N) is 6. The van der Waals surface area contributed by atoms with Crippen LogP contribution >= 0.6 is 11.6 Å². The van der Waals surface area contributed by atoms with Gasteiger partial charge in [-0.2, -0.15) is 4.98 Å². The number of carbonyl (C=O) groups is 2. The number of benzene rings is 2. The van der Waals surface area contributed by atoms with E-state index in [1.54, 1.807) is 11.0 Å². The Hall–Kier alpha value is -4.38. The lowest BCUT2D eigenvalue weighted by Crippen LogP contribution is -2.42. The second-order valence-corrected chi connectivity index (χ2v) is 13.4. The van der Waals surface area contributed by atoms with Crippen LogP contribution in [0.4, 0.5) is 4.79 Å². The Balaban J connectivity index is 1.17. The molecule has 242 valence electrons. The monoisotopic (exact) mass is 646 g/mol. The normalized spacial score (nSPS) is 16.3. The Kier molecular flexibility index (Phi) is 8.78. The Bertz CT molecular complexity index is 1730. The van der Waals surface area contributed by atoms with E-state index in [0.29, 0.717) is 66.2 Å². The van der Waals surface area contributed by atoms with Crippen molar-refractivity contribution in [3.05, 3.63) is 65.4 Å². The van der Waals surface area contributed by atoms with Crippen molar-refractivity contribution in [2.45, 2.75) is 64.7 Å². The molecule has 4 aromatic rings. The minimum absolute atomic E-state index is 0.0181. The minimum Gasteiger partial charge on any atom is -0.492 e. The van der Waals surface area contributed by atoms with Crippen molar-refractivity contribution in [2.75, 3.05) is 32.8 Å². The molecule has 2 fully saturated rings. The molecular weight excluding hydrogens is 608 g/mol. The molecule has 0 atom stereocenters. The second kappa shape index (κ2) is 12.8. The zero-order valence-electron chi connectivity index (χ0n) is 26.7. The van der Waals surface area contributed by atoms with Gasteiger partial charge in [-0.05, 0) is 70.7 Å². The van der Waals surface area contributed by atoms with Crippen molar-refractivity contribution in [2.24, 2.45) is 0 Å². The summed E-state index contributed by atoms with van der Waals surface area (Å²) in [7, 11) is 0. The Morgan fingerprint density at radius 2 is 1.85 bits per heavy atom. The third kappa shape index (κ3) is 7.36. The maximum absolute atomic E-state index is 12.9. The number of fused-ring (bicyclic) bond motifs is 1. The molecule has 46 heavy (non-hydrogen) atoms. The number of amides is 2. The highest BCUT2D eigenvalue weighted by Gasteiger charge is 2.41. The van der Waals surface area contributed by atoms with E-state index >= 15 is 0 Å². The first kappa shape index (κ1) is 31.6. The van der Waals surface area contributed by atoms with Crippen molar-refractivity contribution in [1.29, 1.82) is 0 Å². The molecule has 0 radical (unpaired) electrons. The molecule has 0 bridgehead atoms. The minimum atomic E-state index is -0.620. The number of hydrogen-bond acceptors (Lipinski definition) is 8. The SMILES string of the molecule is CC(C)(C)OC(=O)N1CCCN(CCOc2ccc(-c3nc4c(OC5(C)CC5)ncnc4n3Cc3ccccc3)c(Cl)c2)C(=O)C1. The van der Waals surface area contributed by atoms with Gasteiger partial charge in [-0.3, -0.25) is 9.69 Å². The van der Waals surface area contributed by atoms with Gasteiger partial charge < -0.3 is 23.7 Å². The Morgan fingerprint density at radius 1 is 1.07 bits per heavy atom. The van der Waals surface area contributed by atoms with E-state index in [1.165, 1.54) is 11.2 Å². The summed E-state index contributed by atoms with van der Waals surface area (Å²) in [4.78, 5) is 42.6. The molecule has 0 unspecified atom stereocenters. The highest BCUT2D eigenvalue weighted by molar-refractivity contribution is 6.33. The van der Waals surface area contributed by atoms with Gasteiger partial charge in [-0.15, -0.1) is 0 Å². The van der Waals surface area contributed by atoms with E-state index < -0.39 is 11.7 Å². The first-order valence-electron chi connectivity index (χ1n) is 15.6. The van der Waals surface area contributed by atoms with E-state index in [1.807, 2.05) is 55.7 Å². The lowest BCUT2D eigenvalue weighted by Gasteiger charge is -2.26. The zero-order chi connectivity index (χ0) is 32.5. The molecule has 6 rings (SSSR count). The maximum Gasteiger partial charge on any atom is 0.410 e. The molecular formula is C34H39ClN6O5. The van der Waals surface area contributed by atoms with Crippen LogP contribution in [0.1, 0.15) is 52.5 Å². The predicted octanol–water partition coefficient (Wildman–Crippen LogP) is 5.97. The number of halogens is 1. The molecule has 11 nitrogen and oxygen atoms in total. The van der Waals surface area contributed by atoms with Gasteiger partial charge in [0.05, 0.1) is 18.1 Å². The Labute approximate surface area is 273 Å². The number of ether oxygens (including phenoxy) is 3. The smallest absolute Gasteiger partial charge is 0.410 e. The Morgan fingerprint density at radius 3 is 2.57 bits per heavy atom. The summed E-state index contributed by atoms with van der Waals surface area (Å²) in [5.74, 6) is 1.54. The number of carbonyl (C=O) groups excluding carboxylic acids is 2. The van der Waals surface area contributed by atoms with Crippen LogP contribution in [0.25, 0.3) is 22.6 Å². The molecule has 2 aromatic carbocycles. The van der Waals surface area contributed by atoms with E-state index in [2.05, 4.69) is 29.0 Å². The first-order valence-corrected chi connectivity index (χ1v) is 16.0. The van der Waals surface area contributed by atoms with E-state index in [-0.39, 0.29) is 24.7 Å². The standard InChI is InChI=1S/C34H39ClN6O5/c1-33(2,3)46-32(43)40-16-8-15-39(27(42)21-40)17-18-44-24-11-12-25(26(35)19-24)29-38-28-30(41(29)20-23-9-6-5-7-10-23)36-22-37-31(28)45-34(4)13-14-34/h5-7,9-12,19,22H,8,13-18,20-21H2,1-4H3. The van der Waals surface area contributed by atoms with Gasteiger partial charge in [-0.25, -0.2) is 14.8 Å². The molecule has 2 aromatic heterocycles. The summed E-state index contributed by atoms with van der Waals surface area (Å²) in [6.07, 6.45) is 3.64. The van der Waals surface area contributed by atoms with Crippen LogP contribution in [0.5, 0.6) is 11.6 Å². The highest BCUT2D eigenvalue weighted by Crippen LogP contribution is 2.41. The van der Waals surface area contributed by atoms with Crippen LogP contribution < -0.4 is 9.47 Å². The summed E-state index contributed by atoms with van der Waals surface area (Å²) in [5.41, 5.74) is 2.22. The predicted molar refractivity (Wildman–Crippen MR) is 174 cm³/mol.